The fraction of sp³-hybridized carbons (Fsp3) is 0.462. The van der Waals surface area contributed by atoms with Crippen LogP contribution in [0, 0.1) is 0 Å². The summed E-state index contributed by atoms with van der Waals surface area (Å²) < 4.78 is 17.2. The topological polar surface area (TPSA) is 65.0 Å². The van der Waals surface area contributed by atoms with Gasteiger partial charge in [-0.3, -0.25) is 0 Å². The molecule has 0 bridgehead atoms. The Morgan fingerprint density at radius 2 is 1.43 bits per heavy atom. The summed E-state index contributed by atoms with van der Waals surface area (Å²) in [5.74, 6) is -0.391. The van der Waals surface area contributed by atoms with Crippen molar-refractivity contribution >= 4 is 31.7 Å². The molecule has 1 aromatic carbocycles. The first-order valence-electron chi connectivity index (χ1n) is 6.81. The average molecular weight is 345 g/mol. The lowest BCUT2D eigenvalue weighted by atomic mass is 10.2. The molecule has 1 rings (SSSR count). The third kappa shape index (κ3) is 7.16. The molecule has 0 atom stereocenters. The van der Waals surface area contributed by atoms with Gasteiger partial charge in [0.05, 0.1) is 5.56 Å². The molecule has 0 heterocycles. The zero-order valence-electron chi connectivity index (χ0n) is 13.5. The molecule has 0 spiro atoms. The summed E-state index contributed by atoms with van der Waals surface area (Å²) in [5, 5.41) is 0. The molecule has 21 heavy (non-hydrogen) atoms. The number of rotatable bonds is 6. The SMILES string of the molecule is C[Si](C)(O)O[Si](C)(C)O[Si](C)(C)OC(=O)c1ccccc1. The minimum Gasteiger partial charge on any atom is -0.492 e. The second-order valence-corrected chi connectivity index (χ2v) is 16.5. The highest BCUT2D eigenvalue weighted by Gasteiger charge is 2.42. The molecule has 0 aliphatic heterocycles. The Balaban J connectivity index is 2.71. The van der Waals surface area contributed by atoms with Gasteiger partial charge in [0, 0.05) is 0 Å². The van der Waals surface area contributed by atoms with Crippen molar-refractivity contribution in [1.29, 1.82) is 0 Å². The van der Waals surface area contributed by atoms with Crippen molar-refractivity contribution in [2.24, 2.45) is 0 Å². The molecule has 0 aliphatic carbocycles. The van der Waals surface area contributed by atoms with E-state index < -0.39 is 31.7 Å². The van der Waals surface area contributed by atoms with E-state index in [0.29, 0.717) is 5.56 Å². The molecular formula is C13H24O5Si3. The van der Waals surface area contributed by atoms with Crippen LogP contribution >= 0.6 is 0 Å². The number of benzene rings is 1. The monoisotopic (exact) mass is 344 g/mol. The van der Waals surface area contributed by atoms with Crippen LogP contribution in [-0.4, -0.2) is 36.4 Å². The van der Waals surface area contributed by atoms with E-state index >= 15 is 0 Å². The largest absolute Gasteiger partial charge is 0.492 e. The second kappa shape index (κ2) is 6.55. The van der Waals surface area contributed by atoms with E-state index in [2.05, 4.69) is 0 Å². The van der Waals surface area contributed by atoms with Crippen LogP contribution in [0.2, 0.25) is 39.3 Å². The predicted molar refractivity (Wildman–Crippen MR) is 88.7 cm³/mol. The first kappa shape index (κ1) is 18.3. The first-order chi connectivity index (χ1) is 9.40. The van der Waals surface area contributed by atoms with Crippen LogP contribution < -0.4 is 0 Å². The van der Waals surface area contributed by atoms with Crippen LogP contribution in [0.25, 0.3) is 0 Å². The smallest absolute Gasteiger partial charge is 0.387 e. The van der Waals surface area contributed by atoms with Gasteiger partial charge in [-0.1, -0.05) is 18.2 Å². The summed E-state index contributed by atoms with van der Waals surface area (Å²) in [4.78, 5) is 22.0. The number of carbonyl (C=O) groups is 1. The summed E-state index contributed by atoms with van der Waals surface area (Å²) in [6.07, 6.45) is 0. The highest BCUT2D eigenvalue weighted by atomic mass is 28.5. The predicted octanol–water partition coefficient (Wildman–Crippen LogP) is 2.97. The summed E-state index contributed by atoms with van der Waals surface area (Å²) in [6, 6.07) is 8.82. The van der Waals surface area contributed by atoms with E-state index in [-0.39, 0.29) is 0 Å². The molecule has 0 radical (unpaired) electrons. The standard InChI is InChI=1S/C13H24O5Si3/c1-19(2,15)17-21(5,6)18-20(3,4)16-13(14)12-10-8-7-9-11-12/h7-11,15H,1-6H3. The molecule has 0 amide bonds. The van der Waals surface area contributed by atoms with Gasteiger partial charge in [-0.15, -0.1) is 0 Å². The zero-order valence-corrected chi connectivity index (χ0v) is 16.5. The van der Waals surface area contributed by atoms with E-state index in [0.717, 1.165) is 0 Å². The van der Waals surface area contributed by atoms with Gasteiger partial charge in [0.25, 0.3) is 0 Å². The lowest BCUT2D eigenvalue weighted by Crippen LogP contribution is -2.54. The van der Waals surface area contributed by atoms with Crippen LogP contribution in [-0.2, 0) is 12.7 Å². The highest BCUT2D eigenvalue weighted by Crippen LogP contribution is 2.21. The van der Waals surface area contributed by atoms with Crippen LogP contribution in [0.15, 0.2) is 30.3 Å². The summed E-state index contributed by atoms with van der Waals surface area (Å²) in [6.45, 7) is 10.7. The molecule has 0 fully saturated rings. The van der Waals surface area contributed by atoms with Crippen molar-refractivity contribution in [3.8, 4) is 0 Å². The molecule has 5 nitrogen and oxygen atoms in total. The first-order valence-corrected chi connectivity index (χ1v) is 15.3. The average Bonchev–Trinajstić information content (AvgIpc) is 2.24. The number of carbonyl (C=O) groups excluding carboxylic acids is 1. The fourth-order valence-electron chi connectivity index (χ4n) is 2.09. The molecule has 8 heteroatoms. The van der Waals surface area contributed by atoms with Gasteiger partial charge in [-0.2, -0.15) is 0 Å². The molecule has 1 N–H and O–H groups in total. The van der Waals surface area contributed by atoms with Crippen molar-refractivity contribution in [3.63, 3.8) is 0 Å². The molecule has 0 saturated carbocycles. The van der Waals surface area contributed by atoms with Crippen LogP contribution in [0.1, 0.15) is 10.4 Å². The van der Waals surface area contributed by atoms with Gasteiger partial charge in [-0.05, 0) is 51.4 Å². The van der Waals surface area contributed by atoms with Crippen LogP contribution in [0.5, 0.6) is 0 Å². The molecule has 118 valence electrons. The minimum absolute atomic E-state index is 0.391. The highest BCUT2D eigenvalue weighted by molar-refractivity contribution is 6.84. The van der Waals surface area contributed by atoms with Crippen LogP contribution in [0.3, 0.4) is 0 Å². The van der Waals surface area contributed by atoms with Gasteiger partial charge in [-0.25, -0.2) is 4.79 Å². The fourth-order valence-corrected chi connectivity index (χ4v) is 12.9. The Labute approximate surface area is 129 Å². The lowest BCUT2D eigenvalue weighted by Gasteiger charge is -2.35. The third-order valence-corrected chi connectivity index (χ3v) is 10.9. The van der Waals surface area contributed by atoms with Crippen molar-refractivity contribution < 1.29 is 22.2 Å². The Morgan fingerprint density at radius 1 is 0.905 bits per heavy atom. The number of hydrogen-bond donors (Lipinski definition) is 1. The summed E-state index contributed by atoms with van der Waals surface area (Å²) >= 11 is 0. The van der Waals surface area contributed by atoms with Crippen molar-refractivity contribution in [2.75, 3.05) is 0 Å². The molecule has 0 unspecified atom stereocenters. The van der Waals surface area contributed by atoms with Crippen molar-refractivity contribution in [1.82, 2.24) is 0 Å². The van der Waals surface area contributed by atoms with E-state index in [1.165, 1.54) is 0 Å². The maximum atomic E-state index is 12.1. The van der Waals surface area contributed by atoms with Gasteiger partial charge in [0.15, 0.2) is 0 Å². The van der Waals surface area contributed by atoms with Crippen LogP contribution in [0.4, 0.5) is 0 Å². The number of hydrogen-bond acceptors (Lipinski definition) is 5. The molecule has 0 saturated heterocycles. The van der Waals surface area contributed by atoms with Gasteiger partial charge >= 0.3 is 31.7 Å². The van der Waals surface area contributed by atoms with Gasteiger partial charge < -0.3 is 17.5 Å². The van der Waals surface area contributed by atoms with Crippen molar-refractivity contribution in [2.45, 2.75) is 39.3 Å². The Morgan fingerprint density at radius 3 is 1.90 bits per heavy atom. The van der Waals surface area contributed by atoms with Crippen molar-refractivity contribution in [3.05, 3.63) is 35.9 Å². The minimum atomic E-state index is -2.69. The van der Waals surface area contributed by atoms with E-state index in [1.807, 2.05) is 19.2 Å². The Bertz CT molecular complexity index is 482. The van der Waals surface area contributed by atoms with E-state index in [1.54, 1.807) is 50.5 Å². The second-order valence-electron chi connectivity index (χ2n) is 6.21. The Kier molecular flexibility index (Phi) is 5.70. The Hall–Kier alpha value is -0.779. The van der Waals surface area contributed by atoms with E-state index in [9.17, 15) is 9.59 Å². The van der Waals surface area contributed by atoms with Gasteiger partial charge in [0.2, 0.25) is 0 Å². The molecule has 1 aromatic rings. The third-order valence-electron chi connectivity index (χ3n) is 2.34. The maximum Gasteiger partial charge on any atom is 0.387 e. The summed E-state index contributed by atoms with van der Waals surface area (Å²) in [7, 11) is -7.91. The zero-order chi connectivity index (χ0) is 16.3. The van der Waals surface area contributed by atoms with Gasteiger partial charge in [0.1, 0.15) is 0 Å². The quantitative estimate of drug-likeness (QED) is 0.804. The summed E-state index contributed by atoms with van der Waals surface area (Å²) in [5.41, 5.74) is 0.499. The molecule has 0 aromatic heterocycles. The van der Waals surface area contributed by atoms with E-state index in [4.69, 9.17) is 12.7 Å². The lowest BCUT2D eigenvalue weighted by molar-refractivity contribution is 0.0686. The molecular weight excluding hydrogens is 320 g/mol. The normalized spacial score (nSPS) is 13.1. The molecule has 0 aliphatic rings. The maximum absolute atomic E-state index is 12.1.